The molecule has 0 spiro atoms. The molecule has 0 aliphatic carbocycles. The van der Waals surface area contributed by atoms with Gasteiger partial charge in [-0.1, -0.05) is 60.1 Å². The quantitative estimate of drug-likeness (QED) is 0.682. The second kappa shape index (κ2) is 7.23. The lowest BCUT2D eigenvalue weighted by Gasteiger charge is -2.15. The Morgan fingerprint density at radius 2 is 1.84 bits per heavy atom. The Kier molecular flexibility index (Phi) is 5.04. The van der Waals surface area contributed by atoms with Crippen molar-refractivity contribution in [2.75, 3.05) is 5.32 Å². The van der Waals surface area contributed by atoms with Crippen LogP contribution in [0.2, 0.25) is 10.0 Å². The number of nitrogens with one attached hydrogen (secondary N) is 1. The number of aliphatic hydroxyl groups excluding tert-OH is 1. The Balaban J connectivity index is 2.13. The summed E-state index contributed by atoms with van der Waals surface area (Å²) in [6.07, 6.45) is 1.55. The summed E-state index contributed by atoms with van der Waals surface area (Å²) in [4.78, 5) is 17.1. The summed E-state index contributed by atoms with van der Waals surface area (Å²) >= 11 is 12.2. The number of rotatable bonds is 4. The van der Waals surface area contributed by atoms with Gasteiger partial charge in [0.25, 0.3) is 5.91 Å². The molecule has 1 amide bonds. The van der Waals surface area contributed by atoms with Gasteiger partial charge in [-0.05, 0) is 23.8 Å². The van der Waals surface area contributed by atoms with Gasteiger partial charge in [-0.2, -0.15) is 0 Å². The standard InChI is InChI=1S/C19H14Cl2N2O2/c1-2-11-13(10-24)12-6-3-4-9-16(12)22-18(11)23-19(25)17-14(20)7-5-8-15(17)21/h2-9,24H,1,10H2,(H,22,23,25). The van der Waals surface area contributed by atoms with Crippen molar-refractivity contribution >= 4 is 51.9 Å². The maximum atomic E-state index is 12.6. The number of carbonyl (C=O) groups is 1. The van der Waals surface area contributed by atoms with Crippen LogP contribution in [0.5, 0.6) is 0 Å². The van der Waals surface area contributed by atoms with Crippen molar-refractivity contribution in [3.63, 3.8) is 0 Å². The number of halogens is 2. The van der Waals surface area contributed by atoms with Crippen molar-refractivity contribution in [3.8, 4) is 0 Å². The smallest absolute Gasteiger partial charge is 0.259 e. The maximum Gasteiger partial charge on any atom is 0.259 e. The van der Waals surface area contributed by atoms with E-state index in [0.29, 0.717) is 22.5 Å². The van der Waals surface area contributed by atoms with Gasteiger partial charge in [-0.25, -0.2) is 4.98 Å². The molecule has 3 rings (SSSR count). The number of fused-ring (bicyclic) bond motifs is 1. The van der Waals surface area contributed by atoms with Crippen LogP contribution >= 0.6 is 23.2 Å². The van der Waals surface area contributed by atoms with Crippen LogP contribution in [0.15, 0.2) is 49.0 Å². The number of benzene rings is 2. The molecule has 25 heavy (non-hydrogen) atoms. The van der Waals surface area contributed by atoms with Gasteiger partial charge in [0.15, 0.2) is 0 Å². The van der Waals surface area contributed by atoms with Crippen molar-refractivity contribution in [1.29, 1.82) is 0 Å². The Morgan fingerprint density at radius 3 is 2.48 bits per heavy atom. The molecular weight excluding hydrogens is 359 g/mol. The number of aromatic nitrogens is 1. The largest absolute Gasteiger partial charge is 0.392 e. The van der Waals surface area contributed by atoms with Gasteiger partial charge in [-0.15, -0.1) is 0 Å². The molecule has 126 valence electrons. The fourth-order valence-corrected chi connectivity index (χ4v) is 3.23. The number of aliphatic hydroxyl groups is 1. The SMILES string of the molecule is C=Cc1c(NC(=O)c2c(Cl)cccc2Cl)nc2ccccc2c1CO. The zero-order valence-electron chi connectivity index (χ0n) is 13.1. The average Bonchev–Trinajstić information content (AvgIpc) is 2.60. The summed E-state index contributed by atoms with van der Waals surface area (Å²) in [6.45, 7) is 3.56. The van der Waals surface area contributed by atoms with Crippen LogP contribution in [0.25, 0.3) is 17.0 Å². The lowest BCUT2D eigenvalue weighted by atomic mass is 10.0. The van der Waals surface area contributed by atoms with Gasteiger partial charge in [-0.3, -0.25) is 4.79 Å². The molecule has 0 saturated heterocycles. The van der Waals surface area contributed by atoms with Crippen LogP contribution in [0, 0.1) is 0 Å². The molecule has 4 nitrogen and oxygen atoms in total. The predicted molar refractivity (Wildman–Crippen MR) is 102 cm³/mol. The summed E-state index contributed by atoms with van der Waals surface area (Å²) in [5.74, 6) is -0.191. The molecular formula is C19H14Cl2N2O2. The number of amides is 1. The van der Waals surface area contributed by atoms with E-state index in [2.05, 4.69) is 16.9 Å². The Hall–Kier alpha value is -2.40. The molecule has 6 heteroatoms. The summed E-state index contributed by atoms with van der Waals surface area (Å²) in [5.41, 5.74) is 2.01. The normalized spacial score (nSPS) is 10.7. The fourth-order valence-electron chi connectivity index (χ4n) is 2.67. The fraction of sp³-hybridized carbons (Fsp3) is 0.0526. The van der Waals surface area contributed by atoms with Crippen molar-refractivity contribution in [2.24, 2.45) is 0 Å². The number of hydrogen-bond acceptors (Lipinski definition) is 3. The van der Waals surface area contributed by atoms with E-state index in [1.54, 1.807) is 30.3 Å². The van der Waals surface area contributed by atoms with Gasteiger partial charge in [0.1, 0.15) is 5.82 Å². The van der Waals surface area contributed by atoms with Crippen molar-refractivity contribution in [2.45, 2.75) is 6.61 Å². The van der Waals surface area contributed by atoms with Crippen molar-refractivity contribution in [3.05, 3.63) is 75.8 Å². The second-order valence-electron chi connectivity index (χ2n) is 5.28. The van der Waals surface area contributed by atoms with E-state index >= 15 is 0 Å². The van der Waals surface area contributed by atoms with Crippen molar-refractivity contribution in [1.82, 2.24) is 4.98 Å². The molecule has 0 unspecified atom stereocenters. The molecule has 0 atom stereocenters. The third-order valence-electron chi connectivity index (χ3n) is 3.83. The highest BCUT2D eigenvalue weighted by atomic mass is 35.5. The van der Waals surface area contributed by atoms with Gasteiger partial charge in [0.2, 0.25) is 0 Å². The Labute approximate surface area is 154 Å². The summed E-state index contributed by atoms with van der Waals surface area (Å²) in [6, 6.07) is 12.2. The van der Waals surface area contributed by atoms with Crippen LogP contribution in [-0.2, 0) is 6.61 Å². The van der Waals surface area contributed by atoms with Crippen LogP contribution in [0.3, 0.4) is 0 Å². The van der Waals surface area contributed by atoms with Gasteiger partial charge in [0.05, 0.1) is 27.7 Å². The number of carbonyl (C=O) groups excluding carboxylic acids is 1. The van der Waals surface area contributed by atoms with Crippen LogP contribution < -0.4 is 5.32 Å². The van der Waals surface area contributed by atoms with E-state index in [9.17, 15) is 9.90 Å². The van der Waals surface area contributed by atoms with E-state index in [1.165, 1.54) is 0 Å². The van der Waals surface area contributed by atoms with Crippen LogP contribution in [0.1, 0.15) is 21.5 Å². The van der Waals surface area contributed by atoms with E-state index in [0.717, 1.165) is 5.39 Å². The highest BCUT2D eigenvalue weighted by Gasteiger charge is 2.18. The molecule has 0 saturated carbocycles. The molecule has 1 heterocycles. The summed E-state index contributed by atoms with van der Waals surface area (Å²) in [7, 11) is 0. The lowest BCUT2D eigenvalue weighted by Crippen LogP contribution is -2.16. The third-order valence-corrected chi connectivity index (χ3v) is 4.46. The van der Waals surface area contributed by atoms with E-state index < -0.39 is 5.91 Å². The first-order valence-electron chi connectivity index (χ1n) is 7.47. The molecule has 0 bridgehead atoms. The van der Waals surface area contributed by atoms with Crippen LogP contribution in [-0.4, -0.2) is 16.0 Å². The number of anilines is 1. The van der Waals surface area contributed by atoms with Crippen molar-refractivity contribution < 1.29 is 9.90 Å². The first kappa shape index (κ1) is 17.4. The average molecular weight is 373 g/mol. The maximum absolute atomic E-state index is 12.6. The van der Waals surface area contributed by atoms with E-state index in [1.807, 2.05) is 18.2 Å². The third kappa shape index (κ3) is 3.24. The molecule has 0 aliphatic heterocycles. The predicted octanol–water partition coefficient (Wildman–Crippen LogP) is 4.93. The summed E-state index contributed by atoms with van der Waals surface area (Å²) < 4.78 is 0. The van der Waals surface area contributed by atoms with Gasteiger partial charge >= 0.3 is 0 Å². The highest BCUT2D eigenvalue weighted by molar-refractivity contribution is 6.40. The van der Waals surface area contributed by atoms with Gasteiger partial charge < -0.3 is 10.4 Å². The molecule has 1 aromatic heterocycles. The number of hydrogen-bond donors (Lipinski definition) is 2. The first-order valence-corrected chi connectivity index (χ1v) is 8.22. The summed E-state index contributed by atoms with van der Waals surface area (Å²) in [5, 5.41) is 13.8. The molecule has 0 fully saturated rings. The van der Waals surface area contributed by atoms with E-state index in [4.69, 9.17) is 23.2 Å². The van der Waals surface area contributed by atoms with Crippen LogP contribution in [0.4, 0.5) is 5.82 Å². The monoisotopic (exact) mass is 372 g/mol. The van der Waals surface area contributed by atoms with Gasteiger partial charge in [0, 0.05) is 10.9 Å². The minimum atomic E-state index is -0.481. The Bertz CT molecular complexity index is 966. The van der Waals surface area contributed by atoms with E-state index in [-0.39, 0.29) is 22.2 Å². The minimum Gasteiger partial charge on any atom is -0.392 e. The number of pyridine rings is 1. The first-order chi connectivity index (χ1) is 12.1. The highest BCUT2D eigenvalue weighted by Crippen LogP contribution is 2.30. The zero-order valence-corrected chi connectivity index (χ0v) is 14.6. The lowest BCUT2D eigenvalue weighted by molar-refractivity contribution is 0.102. The number of para-hydroxylation sites is 1. The topological polar surface area (TPSA) is 62.2 Å². The molecule has 2 aromatic carbocycles. The molecule has 0 radical (unpaired) electrons. The number of nitrogens with zero attached hydrogens (tertiary/aromatic N) is 1. The Morgan fingerprint density at radius 1 is 1.16 bits per heavy atom. The minimum absolute atomic E-state index is 0.168. The molecule has 3 aromatic rings. The zero-order chi connectivity index (χ0) is 18.0. The second-order valence-corrected chi connectivity index (χ2v) is 6.10. The molecule has 2 N–H and O–H groups in total. The molecule has 0 aliphatic rings.